The Hall–Kier alpha value is -1.54. The van der Waals surface area contributed by atoms with Gasteiger partial charge in [-0.1, -0.05) is 30.3 Å². The zero-order chi connectivity index (χ0) is 18.0. The van der Waals surface area contributed by atoms with Crippen LogP contribution in [-0.4, -0.2) is 59.0 Å². The second kappa shape index (κ2) is 7.37. The molecule has 1 aromatic carbocycles. The first-order valence-electron chi connectivity index (χ1n) is 7.68. The minimum absolute atomic E-state index is 0.165. The lowest BCUT2D eigenvalue weighted by atomic mass is 9.96. The minimum Gasteiger partial charge on any atom is -0.349 e. The van der Waals surface area contributed by atoms with Crippen LogP contribution in [0.15, 0.2) is 30.3 Å². The second-order valence-electron chi connectivity index (χ2n) is 5.84. The van der Waals surface area contributed by atoms with Crippen LogP contribution in [0.3, 0.4) is 0 Å². The fraction of sp³-hybridized carbons (Fsp3) is 0.562. The molecule has 25 heavy (non-hydrogen) atoms. The summed E-state index contributed by atoms with van der Waals surface area (Å²) < 4.78 is 51.1. The Bertz CT molecular complexity index is 733. The summed E-state index contributed by atoms with van der Waals surface area (Å²) >= 11 is 0. The Labute approximate surface area is 146 Å². The van der Waals surface area contributed by atoms with Crippen LogP contribution in [0.25, 0.3) is 4.85 Å². The minimum atomic E-state index is -3.81. The number of hydrogen-bond donors (Lipinski definition) is 0. The van der Waals surface area contributed by atoms with Crippen molar-refractivity contribution in [2.75, 3.05) is 20.0 Å². The predicted molar refractivity (Wildman–Crippen MR) is 85.8 cm³/mol. The Morgan fingerprint density at radius 2 is 1.96 bits per heavy atom. The molecule has 2 aliphatic rings. The van der Waals surface area contributed by atoms with Crippen molar-refractivity contribution in [3.63, 3.8) is 0 Å². The van der Waals surface area contributed by atoms with Crippen LogP contribution in [0.1, 0.15) is 11.9 Å². The van der Waals surface area contributed by atoms with Crippen molar-refractivity contribution in [3.05, 3.63) is 47.3 Å². The first-order valence-corrected chi connectivity index (χ1v) is 9.49. The summed E-state index contributed by atoms with van der Waals surface area (Å²) in [6.07, 6.45) is -3.11. The van der Waals surface area contributed by atoms with Gasteiger partial charge in [0.15, 0.2) is 12.4 Å². The van der Waals surface area contributed by atoms with E-state index in [-0.39, 0.29) is 6.61 Å². The molecule has 0 amide bonds. The molecule has 2 fully saturated rings. The Morgan fingerprint density at radius 3 is 2.56 bits per heavy atom. The van der Waals surface area contributed by atoms with Crippen LogP contribution in [0.2, 0.25) is 0 Å². The van der Waals surface area contributed by atoms with Crippen molar-refractivity contribution >= 4 is 10.1 Å². The number of rotatable bonds is 4. The van der Waals surface area contributed by atoms with E-state index >= 15 is 0 Å². The predicted octanol–water partition coefficient (Wildman–Crippen LogP) is 1.10. The molecule has 8 nitrogen and oxygen atoms in total. The lowest BCUT2D eigenvalue weighted by molar-refractivity contribution is -0.332. The lowest BCUT2D eigenvalue weighted by Gasteiger charge is -2.44. The summed E-state index contributed by atoms with van der Waals surface area (Å²) in [5.74, 6) is 0. The van der Waals surface area contributed by atoms with E-state index in [9.17, 15) is 8.42 Å². The van der Waals surface area contributed by atoms with E-state index in [0.29, 0.717) is 0 Å². The molecule has 0 aromatic heterocycles. The van der Waals surface area contributed by atoms with Crippen molar-refractivity contribution in [3.8, 4) is 0 Å². The summed E-state index contributed by atoms with van der Waals surface area (Å²) in [6, 6.07) is 8.26. The molecule has 2 aliphatic heterocycles. The molecule has 9 heteroatoms. The molecular formula is C16H19NO7S. The Balaban J connectivity index is 1.88. The zero-order valence-electron chi connectivity index (χ0n) is 13.8. The fourth-order valence-electron chi connectivity index (χ4n) is 2.98. The maximum Gasteiger partial charge on any atom is 0.303 e. The molecule has 0 aliphatic carbocycles. The molecule has 2 heterocycles. The smallest absolute Gasteiger partial charge is 0.303 e. The standard InChI is InChI=1S/C16H19NO7S/c1-17-12-14(24-25(3,18)19)13-11(22-16(12)20-2)9-21-15(23-13)10-7-5-4-6-8-10/h4-8,11-16H,9H2,2-3H3/t11-,12+,13-,14+,15?,16?/m1/s1. The van der Waals surface area contributed by atoms with Gasteiger partial charge < -0.3 is 23.8 Å². The third-order valence-corrected chi connectivity index (χ3v) is 4.62. The van der Waals surface area contributed by atoms with E-state index in [1.54, 1.807) is 0 Å². The molecule has 0 bridgehead atoms. The van der Waals surface area contributed by atoms with Crippen LogP contribution in [0.4, 0.5) is 0 Å². The summed E-state index contributed by atoms with van der Waals surface area (Å²) in [7, 11) is -2.42. The first-order chi connectivity index (χ1) is 11.9. The van der Waals surface area contributed by atoms with Crippen LogP contribution in [0.5, 0.6) is 0 Å². The monoisotopic (exact) mass is 369 g/mol. The molecule has 0 saturated carbocycles. The summed E-state index contributed by atoms with van der Waals surface area (Å²) in [4.78, 5) is 3.44. The van der Waals surface area contributed by atoms with Crippen LogP contribution < -0.4 is 0 Å². The summed E-state index contributed by atoms with van der Waals surface area (Å²) in [6.45, 7) is 7.56. The molecule has 136 valence electrons. The van der Waals surface area contributed by atoms with E-state index in [1.807, 2.05) is 30.3 Å². The summed E-state index contributed by atoms with van der Waals surface area (Å²) in [5, 5.41) is 0. The highest BCUT2D eigenvalue weighted by Crippen LogP contribution is 2.36. The van der Waals surface area contributed by atoms with Gasteiger partial charge in [0.1, 0.15) is 12.2 Å². The number of hydrogen-bond acceptors (Lipinski definition) is 7. The van der Waals surface area contributed by atoms with Gasteiger partial charge in [0.25, 0.3) is 10.1 Å². The van der Waals surface area contributed by atoms with E-state index < -0.39 is 47.1 Å². The number of fused-ring (bicyclic) bond motifs is 1. The van der Waals surface area contributed by atoms with Crippen molar-refractivity contribution in [1.82, 2.24) is 0 Å². The zero-order valence-corrected chi connectivity index (χ0v) is 14.6. The maximum absolute atomic E-state index is 11.7. The molecule has 0 N–H and O–H groups in total. The third-order valence-electron chi connectivity index (χ3n) is 4.05. The average Bonchev–Trinajstić information content (AvgIpc) is 2.60. The van der Waals surface area contributed by atoms with Gasteiger partial charge in [-0.25, -0.2) is 6.57 Å². The SMILES string of the molecule is [C-]#[N+][C@@H]1C(OC)O[C@@H]2COC(c3ccccc3)O[C@H]2[C@H]1OS(C)(=O)=O. The lowest BCUT2D eigenvalue weighted by Crippen LogP contribution is -2.62. The van der Waals surface area contributed by atoms with E-state index in [4.69, 9.17) is 29.7 Å². The van der Waals surface area contributed by atoms with Crippen molar-refractivity contribution in [2.45, 2.75) is 36.9 Å². The largest absolute Gasteiger partial charge is 0.349 e. The van der Waals surface area contributed by atoms with Gasteiger partial charge in [0.05, 0.1) is 12.9 Å². The van der Waals surface area contributed by atoms with Crippen molar-refractivity contribution < 1.29 is 31.5 Å². The van der Waals surface area contributed by atoms with Crippen molar-refractivity contribution in [2.24, 2.45) is 0 Å². The highest BCUT2D eigenvalue weighted by molar-refractivity contribution is 7.86. The molecule has 3 rings (SSSR count). The molecule has 1 aromatic rings. The van der Waals surface area contributed by atoms with Crippen LogP contribution >= 0.6 is 0 Å². The quantitative estimate of drug-likeness (QED) is 0.580. The van der Waals surface area contributed by atoms with E-state index in [0.717, 1.165) is 11.8 Å². The van der Waals surface area contributed by atoms with E-state index in [1.165, 1.54) is 7.11 Å². The number of ether oxygens (including phenoxy) is 4. The van der Waals surface area contributed by atoms with Crippen LogP contribution in [-0.2, 0) is 33.2 Å². The molecular weight excluding hydrogens is 350 g/mol. The normalized spacial score (nSPS) is 35.6. The Morgan fingerprint density at radius 1 is 1.24 bits per heavy atom. The van der Waals surface area contributed by atoms with Gasteiger partial charge in [-0.2, -0.15) is 8.42 Å². The fourth-order valence-corrected chi connectivity index (χ4v) is 3.61. The van der Waals surface area contributed by atoms with Gasteiger partial charge in [0, 0.05) is 12.7 Å². The molecule has 6 atom stereocenters. The molecule has 2 saturated heterocycles. The van der Waals surface area contributed by atoms with Gasteiger partial charge in [-0.05, 0) is 0 Å². The average molecular weight is 369 g/mol. The molecule has 0 spiro atoms. The molecule has 2 unspecified atom stereocenters. The number of methoxy groups -OCH3 is 1. The summed E-state index contributed by atoms with van der Waals surface area (Å²) in [5.41, 5.74) is 0.785. The topological polar surface area (TPSA) is 84.7 Å². The van der Waals surface area contributed by atoms with Gasteiger partial charge in [0.2, 0.25) is 6.29 Å². The van der Waals surface area contributed by atoms with Gasteiger partial charge in [-0.15, -0.1) is 0 Å². The highest BCUT2D eigenvalue weighted by Gasteiger charge is 2.55. The van der Waals surface area contributed by atoms with Crippen LogP contribution in [0, 0.1) is 6.57 Å². The van der Waals surface area contributed by atoms with Crippen molar-refractivity contribution in [1.29, 1.82) is 0 Å². The Kier molecular flexibility index (Phi) is 5.38. The maximum atomic E-state index is 11.7. The van der Waals surface area contributed by atoms with Gasteiger partial charge >= 0.3 is 6.04 Å². The van der Waals surface area contributed by atoms with Gasteiger partial charge in [-0.3, -0.25) is 4.18 Å². The third kappa shape index (κ3) is 4.00. The van der Waals surface area contributed by atoms with E-state index in [2.05, 4.69) is 4.85 Å². The number of benzene rings is 1. The second-order valence-corrected chi connectivity index (χ2v) is 7.44. The first kappa shape index (κ1) is 18.3. The highest BCUT2D eigenvalue weighted by atomic mass is 32.2. The number of nitrogens with zero attached hydrogens (tertiary/aromatic N) is 1. The molecule has 0 radical (unpaired) electrons.